The first-order valence-electron chi connectivity index (χ1n) is 5.62. The maximum Gasteiger partial charge on any atom is 0.174 e. The Kier molecular flexibility index (Phi) is 4.06. The molecular weight excluding hydrogens is 263 g/mol. The van der Waals surface area contributed by atoms with Crippen molar-refractivity contribution in [2.24, 2.45) is 10.9 Å². The molecule has 0 fully saturated rings. The van der Waals surface area contributed by atoms with Crippen molar-refractivity contribution >= 4 is 17.6 Å². The minimum absolute atomic E-state index is 0.122. The molecule has 0 bridgehead atoms. The molecule has 0 amide bonds. The van der Waals surface area contributed by atoms with E-state index in [-0.39, 0.29) is 11.4 Å². The lowest BCUT2D eigenvalue weighted by Crippen LogP contribution is -2.16. The van der Waals surface area contributed by atoms with Crippen LogP contribution in [0.1, 0.15) is 11.1 Å². The van der Waals surface area contributed by atoms with Crippen LogP contribution in [0.5, 0.6) is 0 Å². The Bertz CT molecular complexity index is 629. The van der Waals surface area contributed by atoms with E-state index in [9.17, 15) is 4.39 Å². The summed E-state index contributed by atoms with van der Waals surface area (Å²) >= 11 is 1.37. The van der Waals surface area contributed by atoms with Crippen LogP contribution >= 0.6 is 11.8 Å². The number of hydrogen-bond donors (Lipinski definition) is 2. The highest BCUT2D eigenvalue weighted by molar-refractivity contribution is 7.99. The molecular formula is C14H13FN2OS. The summed E-state index contributed by atoms with van der Waals surface area (Å²) in [5.74, 6) is -0.735. The molecule has 0 saturated carbocycles. The standard InChI is InChI=1S/C14H13FN2OS/c1-9-4-2-5-10(8-9)19-12-7-3-6-11(15)13(12)14(16)17-18/h2-8,18H,1H3,(H2,16,17). The summed E-state index contributed by atoms with van der Waals surface area (Å²) in [7, 11) is 0. The van der Waals surface area contributed by atoms with Gasteiger partial charge in [0.05, 0.1) is 5.56 Å². The number of nitrogens with zero attached hydrogens (tertiary/aromatic N) is 1. The maximum absolute atomic E-state index is 13.8. The third-order valence-corrected chi connectivity index (χ3v) is 3.61. The molecule has 2 rings (SSSR count). The number of amidine groups is 1. The highest BCUT2D eigenvalue weighted by Crippen LogP contribution is 2.31. The number of nitrogens with two attached hydrogens (primary N) is 1. The average molecular weight is 276 g/mol. The van der Waals surface area contributed by atoms with Crippen LogP contribution in [0.2, 0.25) is 0 Å². The summed E-state index contributed by atoms with van der Waals surface area (Å²) in [4.78, 5) is 1.58. The smallest absolute Gasteiger partial charge is 0.174 e. The lowest BCUT2D eigenvalue weighted by atomic mass is 10.2. The van der Waals surface area contributed by atoms with E-state index in [1.165, 1.54) is 17.8 Å². The molecule has 2 aromatic rings. The molecule has 98 valence electrons. The fraction of sp³-hybridized carbons (Fsp3) is 0.0714. The SMILES string of the molecule is Cc1cccc(Sc2cccc(F)c2C(N)=NO)c1. The molecule has 2 aromatic carbocycles. The van der Waals surface area contributed by atoms with Gasteiger partial charge in [0.15, 0.2) is 5.84 Å². The topological polar surface area (TPSA) is 58.6 Å². The first-order valence-corrected chi connectivity index (χ1v) is 6.44. The second-order valence-electron chi connectivity index (χ2n) is 4.02. The Balaban J connectivity index is 2.43. The van der Waals surface area contributed by atoms with Crippen LogP contribution < -0.4 is 5.73 Å². The predicted molar refractivity (Wildman–Crippen MR) is 74.2 cm³/mol. The zero-order valence-electron chi connectivity index (χ0n) is 10.3. The summed E-state index contributed by atoms with van der Waals surface area (Å²) in [6.07, 6.45) is 0. The van der Waals surface area contributed by atoms with E-state index in [2.05, 4.69) is 5.16 Å². The molecule has 0 saturated heterocycles. The Morgan fingerprint density at radius 3 is 2.68 bits per heavy atom. The molecule has 0 aliphatic heterocycles. The van der Waals surface area contributed by atoms with E-state index in [4.69, 9.17) is 10.9 Å². The van der Waals surface area contributed by atoms with Crippen molar-refractivity contribution in [3.05, 3.63) is 59.4 Å². The third kappa shape index (κ3) is 3.06. The van der Waals surface area contributed by atoms with Crippen LogP contribution in [-0.4, -0.2) is 11.0 Å². The Hall–Kier alpha value is -2.01. The lowest BCUT2D eigenvalue weighted by molar-refractivity contribution is 0.318. The summed E-state index contributed by atoms with van der Waals surface area (Å²) in [6.45, 7) is 1.99. The highest BCUT2D eigenvalue weighted by atomic mass is 32.2. The summed E-state index contributed by atoms with van der Waals surface area (Å²) in [5, 5.41) is 11.6. The zero-order valence-corrected chi connectivity index (χ0v) is 11.1. The monoisotopic (exact) mass is 276 g/mol. The molecule has 0 aromatic heterocycles. The molecule has 19 heavy (non-hydrogen) atoms. The van der Waals surface area contributed by atoms with Crippen molar-refractivity contribution in [1.29, 1.82) is 0 Å². The number of rotatable bonds is 3. The molecule has 0 spiro atoms. The van der Waals surface area contributed by atoms with E-state index in [1.54, 1.807) is 12.1 Å². The van der Waals surface area contributed by atoms with Crippen LogP contribution in [0.25, 0.3) is 0 Å². The van der Waals surface area contributed by atoms with Gasteiger partial charge in [0.2, 0.25) is 0 Å². The minimum Gasteiger partial charge on any atom is -0.409 e. The fourth-order valence-corrected chi connectivity index (χ4v) is 2.79. The quantitative estimate of drug-likeness (QED) is 0.391. The van der Waals surface area contributed by atoms with Crippen LogP contribution in [0.3, 0.4) is 0 Å². The average Bonchev–Trinajstić information content (AvgIpc) is 2.38. The van der Waals surface area contributed by atoms with Gasteiger partial charge in [-0.05, 0) is 31.2 Å². The van der Waals surface area contributed by atoms with Gasteiger partial charge in [-0.15, -0.1) is 0 Å². The Labute approximate surface area is 114 Å². The van der Waals surface area contributed by atoms with Crippen molar-refractivity contribution < 1.29 is 9.60 Å². The van der Waals surface area contributed by atoms with Gasteiger partial charge in [-0.3, -0.25) is 0 Å². The molecule has 3 nitrogen and oxygen atoms in total. The molecule has 0 atom stereocenters. The number of halogens is 1. The van der Waals surface area contributed by atoms with Crippen LogP contribution in [0, 0.1) is 12.7 Å². The Morgan fingerprint density at radius 2 is 2.00 bits per heavy atom. The second-order valence-corrected chi connectivity index (χ2v) is 5.13. The van der Waals surface area contributed by atoms with E-state index < -0.39 is 5.82 Å². The largest absolute Gasteiger partial charge is 0.409 e. The first-order chi connectivity index (χ1) is 9.11. The maximum atomic E-state index is 13.8. The van der Waals surface area contributed by atoms with Crippen molar-refractivity contribution in [3.63, 3.8) is 0 Å². The number of benzene rings is 2. The van der Waals surface area contributed by atoms with Gasteiger partial charge in [0, 0.05) is 9.79 Å². The normalized spacial score (nSPS) is 11.6. The molecule has 0 radical (unpaired) electrons. The molecule has 3 N–H and O–H groups in total. The van der Waals surface area contributed by atoms with Gasteiger partial charge < -0.3 is 10.9 Å². The predicted octanol–water partition coefficient (Wildman–Crippen LogP) is 3.38. The number of oxime groups is 1. The third-order valence-electron chi connectivity index (χ3n) is 2.56. The van der Waals surface area contributed by atoms with Crippen LogP contribution in [-0.2, 0) is 0 Å². The van der Waals surface area contributed by atoms with Gasteiger partial charge >= 0.3 is 0 Å². The van der Waals surface area contributed by atoms with Gasteiger partial charge in [0.1, 0.15) is 5.82 Å². The van der Waals surface area contributed by atoms with Crippen molar-refractivity contribution in [2.45, 2.75) is 16.7 Å². The molecule has 0 aliphatic carbocycles. The fourth-order valence-electron chi connectivity index (χ4n) is 1.69. The Morgan fingerprint density at radius 1 is 1.26 bits per heavy atom. The lowest BCUT2D eigenvalue weighted by Gasteiger charge is -2.09. The molecule has 0 unspecified atom stereocenters. The van der Waals surface area contributed by atoms with Gasteiger partial charge in [-0.1, -0.05) is 40.7 Å². The minimum atomic E-state index is -0.507. The number of aryl methyl sites for hydroxylation is 1. The van der Waals surface area contributed by atoms with E-state index >= 15 is 0 Å². The second kappa shape index (κ2) is 5.75. The first kappa shape index (κ1) is 13.4. The van der Waals surface area contributed by atoms with E-state index in [1.807, 2.05) is 31.2 Å². The van der Waals surface area contributed by atoms with Crippen molar-refractivity contribution in [2.75, 3.05) is 0 Å². The number of hydrogen-bond acceptors (Lipinski definition) is 3. The molecule has 0 heterocycles. The summed E-state index contributed by atoms with van der Waals surface area (Å²) < 4.78 is 13.8. The van der Waals surface area contributed by atoms with Gasteiger partial charge in [0.25, 0.3) is 0 Å². The van der Waals surface area contributed by atoms with Crippen LogP contribution in [0.15, 0.2) is 57.4 Å². The van der Waals surface area contributed by atoms with Gasteiger partial charge in [-0.2, -0.15) is 0 Å². The molecule has 0 aliphatic rings. The van der Waals surface area contributed by atoms with Gasteiger partial charge in [-0.25, -0.2) is 4.39 Å². The van der Waals surface area contributed by atoms with Crippen molar-refractivity contribution in [1.82, 2.24) is 0 Å². The van der Waals surface area contributed by atoms with E-state index in [0.29, 0.717) is 4.90 Å². The molecule has 5 heteroatoms. The zero-order chi connectivity index (χ0) is 13.8. The highest BCUT2D eigenvalue weighted by Gasteiger charge is 2.13. The van der Waals surface area contributed by atoms with E-state index in [0.717, 1.165) is 10.5 Å². The summed E-state index contributed by atoms with van der Waals surface area (Å²) in [5.41, 5.74) is 6.77. The van der Waals surface area contributed by atoms with Crippen LogP contribution in [0.4, 0.5) is 4.39 Å². The summed E-state index contributed by atoms with van der Waals surface area (Å²) in [6, 6.07) is 12.5. The van der Waals surface area contributed by atoms with Crippen molar-refractivity contribution in [3.8, 4) is 0 Å².